The van der Waals surface area contributed by atoms with Crippen LogP contribution in [0.5, 0.6) is 11.5 Å². The number of nitrogens with two attached hydrogens (primary N) is 1. The van der Waals surface area contributed by atoms with E-state index in [0.29, 0.717) is 22.2 Å². The lowest BCUT2D eigenvalue weighted by atomic mass is 10.2. The normalized spacial score (nSPS) is 10.7. The van der Waals surface area contributed by atoms with E-state index in [2.05, 4.69) is 4.98 Å². The molecule has 0 aliphatic carbocycles. The molecule has 2 N–H and O–H groups in total. The summed E-state index contributed by atoms with van der Waals surface area (Å²) in [5, 5.41) is 1.52. The van der Waals surface area contributed by atoms with Gasteiger partial charge in [0, 0.05) is 17.6 Å². The number of hydrogen-bond donors (Lipinski definition) is 1. The molecule has 1 aromatic heterocycles. The third-order valence-electron chi connectivity index (χ3n) is 3.11. The molecule has 3 aromatic rings. The Morgan fingerprint density at radius 1 is 1.10 bits per heavy atom. The second kappa shape index (κ2) is 5.02. The second-order valence-corrected chi connectivity index (χ2v) is 4.98. The lowest BCUT2D eigenvalue weighted by Crippen LogP contribution is -1.93. The van der Waals surface area contributed by atoms with Crippen LogP contribution in [0.15, 0.2) is 48.7 Å². The van der Waals surface area contributed by atoms with E-state index in [-0.39, 0.29) is 0 Å². The standard InChI is InChI=1S/C16H13ClN2O/c1-10-8-13(18)12(17)9-15(10)20-14-6-2-4-11-5-3-7-19-16(11)14/h2-9H,18H2,1H3. The van der Waals surface area contributed by atoms with E-state index in [1.54, 1.807) is 18.3 Å². The first-order valence-corrected chi connectivity index (χ1v) is 6.60. The molecule has 0 saturated carbocycles. The van der Waals surface area contributed by atoms with Crippen LogP contribution in [-0.4, -0.2) is 4.98 Å². The number of aromatic nitrogens is 1. The van der Waals surface area contributed by atoms with Gasteiger partial charge in [-0.05, 0) is 30.7 Å². The Balaban J connectivity index is 2.08. The molecular formula is C16H13ClN2O. The number of nitrogens with zero attached hydrogens (tertiary/aromatic N) is 1. The van der Waals surface area contributed by atoms with Crippen molar-refractivity contribution in [2.45, 2.75) is 6.92 Å². The van der Waals surface area contributed by atoms with Gasteiger partial charge in [0.05, 0.1) is 10.7 Å². The van der Waals surface area contributed by atoms with Gasteiger partial charge in [0.1, 0.15) is 11.3 Å². The molecule has 20 heavy (non-hydrogen) atoms. The number of nitrogen functional groups attached to an aromatic ring is 1. The molecule has 3 rings (SSSR count). The van der Waals surface area contributed by atoms with Crippen molar-refractivity contribution in [1.82, 2.24) is 4.98 Å². The fourth-order valence-corrected chi connectivity index (χ4v) is 2.23. The first kappa shape index (κ1) is 12.8. The van der Waals surface area contributed by atoms with Gasteiger partial charge in [-0.1, -0.05) is 29.8 Å². The second-order valence-electron chi connectivity index (χ2n) is 4.57. The van der Waals surface area contributed by atoms with Crippen LogP contribution in [-0.2, 0) is 0 Å². The van der Waals surface area contributed by atoms with Crippen LogP contribution in [0.2, 0.25) is 5.02 Å². The molecule has 2 aromatic carbocycles. The lowest BCUT2D eigenvalue weighted by molar-refractivity contribution is 0.483. The summed E-state index contributed by atoms with van der Waals surface area (Å²) in [7, 11) is 0. The number of hydrogen-bond acceptors (Lipinski definition) is 3. The van der Waals surface area contributed by atoms with Gasteiger partial charge < -0.3 is 10.5 Å². The van der Waals surface area contributed by atoms with Crippen molar-refractivity contribution in [3.05, 3.63) is 59.2 Å². The Morgan fingerprint density at radius 2 is 1.90 bits per heavy atom. The summed E-state index contributed by atoms with van der Waals surface area (Å²) in [6, 6.07) is 13.3. The molecule has 1 heterocycles. The van der Waals surface area contributed by atoms with Crippen molar-refractivity contribution in [3.63, 3.8) is 0 Å². The van der Waals surface area contributed by atoms with Crippen LogP contribution < -0.4 is 10.5 Å². The van der Waals surface area contributed by atoms with Crippen molar-refractivity contribution in [1.29, 1.82) is 0 Å². The van der Waals surface area contributed by atoms with Gasteiger partial charge in [-0.25, -0.2) is 0 Å². The molecule has 0 amide bonds. The highest BCUT2D eigenvalue weighted by atomic mass is 35.5. The van der Waals surface area contributed by atoms with E-state index < -0.39 is 0 Å². The molecule has 0 fully saturated rings. The number of aryl methyl sites for hydroxylation is 1. The average Bonchev–Trinajstić information content (AvgIpc) is 2.45. The number of anilines is 1. The third-order valence-corrected chi connectivity index (χ3v) is 3.44. The molecule has 0 bridgehead atoms. The summed E-state index contributed by atoms with van der Waals surface area (Å²) in [5.74, 6) is 1.38. The molecule has 0 aliphatic heterocycles. The molecule has 0 radical (unpaired) electrons. The molecule has 0 aliphatic rings. The van der Waals surface area contributed by atoms with E-state index in [1.807, 2.05) is 37.3 Å². The van der Waals surface area contributed by atoms with E-state index in [0.717, 1.165) is 16.5 Å². The number of halogens is 1. The maximum atomic E-state index is 6.05. The highest BCUT2D eigenvalue weighted by molar-refractivity contribution is 6.33. The van der Waals surface area contributed by atoms with E-state index in [9.17, 15) is 0 Å². The molecule has 0 saturated heterocycles. The Kier molecular flexibility index (Phi) is 3.20. The Hall–Kier alpha value is -2.26. The predicted octanol–water partition coefficient (Wildman–Crippen LogP) is 4.57. The molecule has 3 nitrogen and oxygen atoms in total. The smallest absolute Gasteiger partial charge is 0.153 e. The van der Waals surface area contributed by atoms with E-state index in [4.69, 9.17) is 22.1 Å². The minimum atomic E-state index is 0.485. The maximum absolute atomic E-state index is 6.05. The van der Waals surface area contributed by atoms with Gasteiger partial charge >= 0.3 is 0 Å². The number of rotatable bonds is 2. The number of pyridine rings is 1. The van der Waals surface area contributed by atoms with Gasteiger partial charge in [-0.2, -0.15) is 0 Å². The summed E-state index contributed by atoms with van der Waals surface area (Å²) in [5.41, 5.74) is 8.07. The predicted molar refractivity (Wildman–Crippen MR) is 82.4 cm³/mol. The van der Waals surface area contributed by atoms with Crippen molar-refractivity contribution >= 4 is 28.2 Å². The molecule has 0 unspecified atom stereocenters. The monoisotopic (exact) mass is 284 g/mol. The van der Waals surface area contributed by atoms with E-state index >= 15 is 0 Å². The highest BCUT2D eigenvalue weighted by Crippen LogP contribution is 2.34. The molecule has 0 spiro atoms. The Labute approximate surface area is 122 Å². The summed E-state index contributed by atoms with van der Waals surface area (Å²) in [4.78, 5) is 4.36. The fourth-order valence-electron chi connectivity index (χ4n) is 2.07. The van der Waals surface area contributed by atoms with Crippen LogP contribution in [0.25, 0.3) is 10.9 Å². The SMILES string of the molecule is Cc1cc(N)c(Cl)cc1Oc1cccc2cccnc12. The van der Waals surface area contributed by atoms with Crippen molar-refractivity contribution in [2.75, 3.05) is 5.73 Å². The summed E-state index contributed by atoms with van der Waals surface area (Å²) < 4.78 is 5.96. The molecule has 100 valence electrons. The zero-order valence-electron chi connectivity index (χ0n) is 10.9. The molecule has 4 heteroatoms. The fraction of sp³-hybridized carbons (Fsp3) is 0.0625. The Morgan fingerprint density at radius 3 is 2.75 bits per heavy atom. The van der Waals surface area contributed by atoms with Gasteiger partial charge in [0.25, 0.3) is 0 Å². The quantitative estimate of drug-likeness (QED) is 0.701. The summed E-state index contributed by atoms with van der Waals surface area (Å²) >= 11 is 6.05. The van der Waals surface area contributed by atoms with E-state index in [1.165, 1.54) is 0 Å². The largest absolute Gasteiger partial charge is 0.455 e. The van der Waals surface area contributed by atoms with Gasteiger partial charge in [-0.15, -0.1) is 0 Å². The maximum Gasteiger partial charge on any atom is 0.153 e. The zero-order chi connectivity index (χ0) is 14.1. The molecular weight excluding hydrogens is 272 g/mol. The van der Waals surface area contributed by atoms with Crippen LogP contribution in [0.4, 0.5) is 5.69 Å². The van der Waals surface area contributed by atoms with Crippen molar-refractivity contribution in [3.8, 4) is 11.5 Å². The summed E-state index contributed by atoms with van der Waals surface area (Å²) in [6.07, 6.45) is 1.75. The number of benzene rings is 2. The topological polar surface area (TPSA) is 48.1 Å². The zero-order valence-corrected chi connectivity index (χ0v) is 11.7. The number of para-hydroxylation sites is 1. The Bertz CT molecular complexity index is 781. The highest BCUT2D eigenvalue weighted by Gasteiger charge is 2.08. The van der Waals surface area contributed by atoms with Gasteiger partial charge in [-0.3, -0.25) is 4.98 Å². The van der Waals surface area contributed by atoms with Gasteiger partial charge in [0.15, 0.2) is 5.75 Å². The van der Waals surface area contributed by atoms with Crippen LogP contribution in [0, 0.1) is 6.92 Å². The number of ether oxygens (including phenoxy) is 1. The first-order valence-electron chi connectivity index (χ1n) is 6.22. The molecule has 0 atom stereocenters. The number of fused-ring (bicyclic) bond motifs is 1. The average molecular weight is 285 g/mol. The van der Waals surface area contributed by atoms with Crippen LogP contribution in [0.3, 0.4) is 0 Å². The lowest BCUT2D eigenvalue weighted by Gasteiger charge is -2.12. The summed E-state index contributed by atoms with van der Waals surface area (Å²) in [6.45, 7) is 1.93. The van der Waals surface area contributed by atoms with Crippen molar-refractivity contribution in [2.24, 2.45) is 0 Å². The minimum Gasteiger partial charge on any atom is -0.455 e. The third kappa shape index (κ3) is 2.28. The van der Waals surface area contributed by atoms with Crippen LogP contribution in [0.1, 0.15) is 5.56 Å². The van der Waals surface area contributed by atoms with Gasteiger partial charge in [0.2, 0.25) is 0 Å². The minimum absolute atomic E-state index is 0.485. The first-order chi connectivity index (χ1) is 9.65. The van der Waals surface area contributed by atoms with Crippen LogP contribution >= 0.6 is 11.6 Å². The van der Waals surface area contributed by atoms with Crippen molar-refractivity contribution < 1.29 is 4.74 Å².